The Bertz CT molecular complexity index is 2050. The summed E-state index contributed by atoms with van der Waals surface area (Å²) in [4.78, 5) is 14.5. The van der Waals surface area contributed by atoms with Gasteiger partial charge in [0, 0.05) is 35.9 Å². The number of rotatable bonds is 9. The number of benzene rings is 1. The molecule has 5 aromatic rings. The molecule has 0 radical (unpaired) electrons. The number of nitrogens with one attached hydrogen (secondary N) is 2. The number of ether oxygens (including phenoxy) is 3. The SMILES string of the molecule is CNc1ccc2sc(C#C[C@H]3O[C@@H](n4cc(Br)c5c(NCc6ccc(OC)cc6OC)ncnc54)[C@@H](F)[C@@H]3O[Si](C)(C)C(C)(C)C)cc2n1. The molecule has 1 aromatic carbocycles. The normalized spacial score (nSPS) is 19.6. The van der Waals surface area contributed by atoms with Crippen LogP contribution in [-0.4, -0.2) is 67.5 Å². The van der Waals surface area contributed by atoms with E-state index in [9.17, 15) is 0 Å². The number of hydrogen-bond acceptors (Lipinski definition) is 10. The van der Waals surface area contributed by atoms with E-state index in [0.29, 0.717) is 39.4 Å². The summed E-state index contributed by atoms with van der Waals surface area (Å²) in [6.07, 6.45) is -1.04. The van der Waals surface area contributed by atoms with Crippen molar-refractivity contribution < 1.29 is 23.0 Å². The molecule has 10 nitrogen and oxygen atoms in total. The summed E-state index contributed by atoms with van der Waals surface area (Å²) in [6.45, 7) is 11.0. The number of thiophene rings is 1. The lowest BCUT2D eigenvalue weighted by molar-refractivity contribution is 0.00246. The molecule has 5 heterocycles. The minimum Gasteiger partial charge on any atom is -0.497 e. The highest BCUT2D eigenvalue weighted by molar-refractivity contribution is 9.10. The molecule has 1 fully saturated rings. The molecule has 258 valence electrons. The van der Waals surface area contributed by atoms with Gasteiger partial charge < -0.3 is 33.8 Å². The first-order valence-electron chi connectivity index (χ1n) is 15.9. The lowest BCUT2D eigenvalue weighted by Crippen LogP contribution is -2.48. The summed E-state index contributed by atoms with van der Waals surface area (Å²) in [5, 5.41) is 7.01. The Morgan fingerprint density at radius 2 is 1.92 bits per heavy atom. The predicted octanol–water partition coefficient (Wildman–Crippen LogP) is 8.15. The molecule has 6 rings (SSSR count). The lowest BCUT2D eigenvalue weighted by Gasteiger charge is -2.39. The minimum atomic E-state index is -2.42. The fourth-order valence-corrected chi connectivity index (χ4v) is 8.16. The number of fused-ring (bicyclic) bond motifs is 2. The smallest absolute Gasteiger partial charge is 0.192 e. The van der Waals surface area contributed by atoms with Gasteiger partial charge >= 0.3 is 0 Å². The molecule has 0 aliphatic carbocycles. The topological polar surface area (TPSA) is 105 Å². The Morgan fingerprint density at radius 3 is 2.63 bits per heavy atom. The van der Waals surface area contributed by atoms with E-state index in [1.54, 1.807) is 25.0 Å². The molecule has 4 aromatic heterocycles. The summed E-state index contributed by atoms with van der Waals surface area (Å²) >= 11 is 5.22. The Balaban J connectivity index is 1.33. The zero-order valence-corrected chi connectivity index (χ0v) is 32.1. The van der Waals surface area contributed by atoms with E-state index in [2.05, 4.69) is 87.2 Å². The molecule has 1 aliphatic rings. The molecule has 0 amide bonds. The number of alkyl halides is 1. The van der Waals surface area contributed by atoms with Crippen molar-refractivity contribution in [1.29, 1.82) is 0 Å². The van der Waals surface area contributed by atoms with Crippen LogP contribution in [0, 0.1) is 11.8 Å². The lowest BCUT2D eigenvalue weighted by atomic mass is 10.1. The number of pyridine rings is 1. The van der Waals surface area contributed by atoms with Crippen LogP contribution in [0.2, 0.25) is 18.1 Å². The standard InChI is InChI=1S/C35H40BrFN6O4SSi/c1-35(2,3)49(7,8)47-31-25(12-11-22-16-24-27(48-22)13-14-28(38-4)42-24)46-34(30(31)37)43-18-23(36)29-32(40-19-41-33(29)43)39-17-20-9-10-21(44-5)15-26(20)45-6/h9-10,13-16,18-19,25,30-31,34H,17H2,1-8H3,(H,38,42)(H,39,40,41)/t25-,30+,31-,34-/m1/s1. The van der Waals surface area contributed by atoms with E-state index >= 15 is 4.39 Å². The van der Waals surface area contributed by atoms with E-state index < -0.39 is 32.9 Å². The van der Waals surface area contributed by atoms with Gasteiger partial charge in [-0.2, -0.15) is 0 Å². The Labute approximate surface area is 299 Å². The highest BCUT2D eigenvalue weighted by atomic mass is 79.9. The first-order chi connectivity index (χ1) is 23.3. The van der Waals surface area contributed by atoms with Crippen LogP contribution in [0.15, 0.2) is 53.4 Å². The van der Waals surface area contributed by atoms with Crippen LogP contribution >= 0.6 is 27.3 Å². The molecule has 14 heteroatoms. The van der Waals surface area contributed by atoms with Gasteiger partial charge in [-0.15, -0.1) is 11.3 Å². The van der Waals surface area contributed by atoms with Gasteiger partial charge in [-0.25, -0.2) is 19.3 Å². The molecule has 4 atom stereocenters. The van der Waals surface area contributed by atoms with Crippen molar-refractivity contribution in [3.05, 3.63) is 63.8 Å². The molecule has 0 saturated carbocycles. The number of methoxy groups -OCH3 is 2. The molecular weight excluding hydrogens is 727 g/mol. The van der Waals surface area contributed by atoms with Gasteiger partial charge in [0.1, 0.15) is 47.3 Å². The maximum Gasteiger partial charge on any atom is 0.192 e. The fourth-order valence-electron chi connectivity index (χ4n) is 5.42. The van der Waals surface area contributed by atoms with Crippen LogP contribution in [0.1, 0.15) is 37.4 Å². The Kier molecular flexibility index (Phi) is 9.94. The van der Waals surface area contributed by atoms with Crippen LogP contribution in [0.25, 0.3) is 21.3 Å². The monoisotopic (exact) mass is 766 g/mol. The van der Waals surface area contributed by atoms with E-state index in [4.69, 9.17) is 18.6 Å². The maximum absolute atomic E-state index is 16.8. The van der Waals surface area contributed by atoms with Crippen LogP contribution in [0.3, 0.4) is 0 Å². The summed E-state index contributed by atoms with van der Waals surface area (Å²) in [5.41, 5.74) is 2.27. The van der Waals surface area contributed by atoms with Gasteiger partial charge in [-0.05, 0) is 64.4 Å². The summed E-state index contributed by atoms with van der Waals surface area (Å²) < 4.78 is 44.3. The number of aromatic nitrogens is 4. The summed E-state index contributed by atoms with van der Waals surface area (Å²) in [5.74, 6) is 9.21. The first kappa shape index (κ1) is 35.1. The highest BCUT2D eigenvalue weighted by Crippen LogP contribution is 2.44. The number of nitrogens with zero attached hydrogens (tertiary/aromatic N) is 4. The van der Waals surface area contributed by atoms with Gasteiger partial charge in [0.2, 0.25) is 0 Å². The van der Waals surface area contributed by atoms with Crippen LogP contribution in [0.4, 0.5) is 16.0 Å². The first-order valence-corrected chi connectivity index (χ1v) is 20.4. The van der Waals surface area contributed by atoms with Crippen molar-refractivity contribution in [2.75, 3.05) is 31.9 Å². The summed E-state index contributed by atoms with van der Waals surface area (Å²) in [7, 11) is 2.65. The molecule has 2 N–H and O–H groups in total. The second-order valence-electron chi connectivity index (χ2n) is 13.3. The predicted molar refractivity (Wildman–Crippen MR) is 199 cm³/mol. The van der Waals surface area contributed by atoms with E-state index in [1.165, 1.54) is 17.7 Å². The van der Waals surface area contributed by atoms with Crippen LogP contribution in [-0.2, 0) is 15.7 Å². The molecule has 0 bridgehead atoms. The van der Waals surface area contributed by atoms with Gasteiger partial charge in [-0.1, -0.05) is 32.6 Å². The Hall–Kier alpha value is -3.74. The van der Waals surface area contributed by atoms with Gasteiger partial charge in [0.25, 0.3) is 0 Å². The minimum absolute atomic E-state index is 0.144. The average molecular weight is 768 g/mol. The van der Waals surface area contributed by atoms with Crippen molar-refractivity contribution in [3.8, 4) is 23.3 Å². The Morgan fingerprint density at radius 1 is 1.12 bits per heavy atom. The molecular formula is C35H40BrFN6O4SSi. The molecule has 1 saturated heterocycles. The highest BCUT2D eigenvalue weighted by Gasteiger charge is 2.51. The van der Waals surface area contributed by atoms with Crippen molar-refractivity contribution in [1.82, 2.24) is 19.5 Å². The third-order valence-electron chi connectivity index (χ3n) is 9.15. The summed E-state index contributed by atoms with van der Waals surface area (Å²) in [6, 6.07) is 11.5. The number of halogens is 2. The second-order valence-corrected chi connectivity index (χ2v) is 20.0. The number of hydrogen-bond donors (Lipinski definition) is 2. The van der Waals surface area contributed by atoms with Crippen molar-refractivity contribution >= 4 is 68.5 Å². The third kappa shape index (κ3) is 7.00. The van der Waals surface area contributed by atoms with E-state index in [0.717, 1.165) is 26.5 Å². The average Bonchev–Trinajstić information content (AvgIpc) is 3.74. The van der Waals surface area contributed by atoms with Gasteiger partial charge in [0.05, 0.1) is 34.7 Å². The number of anilines is 2. The maximum atomic E-state index is 16.8. The van der Waals surface area contributed by atoms with Crippen molar-refractivity contribution in [2.45, 2.75) is 70.1 Å². The quantitative estimate of drug-likeness (QED) is 0.114. The van der Waals surface area contributed by atoms with Crippen LogP contribution in [0.5, 0.6) is 11.5 Å². The largest absolute Gasteiger partial charge is 0.497 e. The van der Waals surface area contributed by atoms with E-state index in [-0.39, 0.29) is 5.04 Å². The molecule has 49 heavy (non-hydrogen) atoms. The van der Waals surface area contributed by atoms with Crippen LogP contribution < -0.4 is 20.1 Å². The molecule has 0 unspecified atom stereocenters. The van der Waals surface area contributed by atoms with E-state index in [1.807, 2.05) is 43.4 Å². The fraction of sp³-hybridized carbons (Fsp3) is 0.400. The van der Waals surface area contributed by atoms with Crippen molar-refractivity contribution in [3.63, 3.8) is 0 Å². The van der Waals surface area contributed by atoms with Crippen molar-refractivity contribution in [2.24, 2.45) is 0 Å². The van der Waals surface area contributed by atoms with Gasteiger partial charge in [0.15, 0.2) is 20.7 Å². The second kappa shape index (κ2) is 13.9. The molecule has 0 spiro atoms. The molecule has 1 aliphatic heterocycles. The zero-order chi connectivity index (χ0) is 35.1. The third-order valence-corrected chi connectivity index (χ3v) is 15.2. The zero-order valence-electron chi connectivity index (χ0n) is 28.7. The van der Waals surface area contributed by atoms with Gasteiger partial charge in [-0.3, -0.25) is 0 Å².